The molecular weight excluding hydrogens is 346 g/mol. The maximum Gasteiger partial charge on any atom is 0.287 e. The summed E-state index contributed by atoms with van der Waals surface area (Å²) in [5.74, 6) is 0.266. The van der Waals surface area contributed by atoms with Gasteiger partial charge in [0.15, 0.2) is 5.76 Å². The van der Waals surface area contributed by atoms with Crippen LogP contribution in [0.25, 0.3) is 0 Å². The molecule has 7 heteroatoms. The van der Waals surface area contributed by atoms with Gasteiger partial charge in [0, 0.05) is 24.4 Å². The number of ether oxygens (including phenoxy) is 1. The van der Waals surface area contributed by atoms with E-state index in [-0.39, 0.29) is 17.6 Å². The number of nitrogens with one attached hydrogen (secondary N) is 1. The lowest BCUT2D eigenvalue weighted by molar-refractivity contribution is -0.133. The Morgan fingerprint density at radius 2 is 2.04 bits per heavy atom. The van der Waals surface area contributed by atoms with Crippen LogP contribution in [0.5, 0.6) is 5.75 Å². The van der Waals surface area contributed by atoms with Crippen molar-refractivity contribution in [1.29, 1.82) is 0 Å². The second-order valence-electron chi connectivity index (χ2n) is 6.91. The molecule has 0 radical (unpaired) electrons. The average molecular weight is 373 g/mol. The minimum atomic E-state index is -0.666. The van der Waals surface area contributed by atoms with Crippen LogP contribution >= 0.6 is 0 Å². The van der Waals surface area contributed by atoms with Crippen LogP contribution in [-0.2, 0) is 11.3 Å². The topological polar surface area (TPSA) is 84.7 Å². The van der Waals surface area contributed by atoms with E-state index in [0.717, 1.165) is 22.6 Å². The molecule has 0 spiro atoms. The molecule has 0 aliphatic heterocycles. The molecule has 1 unspecified atom stereocenters. The Morgan fingerprint density at radius 1 is 1.33 bits per heavy atom. The van der Waals surface area contributed by atoms with Crippen molar-refractivity contribution < 1.29 is 18.7 Å². The van der Waals surface area contributed by atoms with Crippen molar-refractivity contribution >= 4 is 11.8 Å². The van der Waals surface area contributed by atoms with E-state index in [0.29, 0.717) is 6.54 Å². The van der Waals surface area contributed by atoms with Crippen LogP contribution in [0.3, 0.4) is 0 Å². The fourth-order valence-corrected chi connectivity index (χ4v) is 2.90. The van der Waals surface area contributed by atoms with E-state index in [2.05, 4.69) is 10.3 Å². The Bertz CT molecular complexity index is 800. The van der Waals surface area contributed by atoms with E-state index in [1.54, 1.807) is 37.4 Å². The normalized spacial score (nSPS) is 12.0. The minimum absolute atomic E-state index is 0.0829. The second kappa shape index (κ2) is 8.70. The zero-order valence-electron chi connectivity index (χ0n) is 16.7. The molecule has 2 amide bonds. The van der Waals surface area contributed by atoms with Crippen molar-refractivity contribution in [3.63, 3.8) is 0 Å². The summed E-state index contributed by atoms with van der Waals surface area (Å²) < 4.78 is 10.5. The van der Waals surface area contributed by atoms with Gasteiger partial charge in [-0.05, 0) is 31.9 Å². The highest BCUT2D eigenvalue weighted by atomic mass is 16.5. The van der Waals surface area contributed by atoms with Crippen molar-refractivity contribution in [1.82, 2.24) is 15.2 Å². The molecule has 0 fully saturated rings. The molecule has 0 aromatic carbocycles. The average Bonchev–Trinajstić information content (AvgIpc) is 3.16. The first-order chi connectivity index (χ1) is 12.8. The van der Waals surface area contributed by atoms with Crippen molar-refractivity contribution in [3.05, 3.63) is 47.2 Å². The van der Waals surface area contributed by atoms with Gasteiger partial charge in [-0.3, -0.25) is 14.6 Å². The zero-order chi connectivity index (χ0) is 20.1. The van der Waals surface area contributed by atoms with E-state index in [1.807, 2.05) is 27.7 Å². The number of carbonyl (C=O) groups is 2. The summed E-state index contributed by atoms with van der Waals surface area (Å²) in [7, 11) is 3.32. The molecule has 0 aliphatic carbocycles. The van der Waals surface area contributed by atoms with Crippen molar-refractivity contribution in [2.45, 2.75) is 40.3 Å². The number of furan rings is 1. The summed E-state index contributed by atoms with van der Waals surface area (Å²) >= 11 is 0. The van der Waals surface area contributed by atoms with Gasteiger partial charge < -0.3 is 19.4 Å². The molecule has 2 aromatic rings. The lowest BCUT2D eigenvalue weighted by Gasteiger charge is -2.27. The number of aryl methyl sites for hydroxylation is 1. The maximum absolute atomic E-state index is 12.9. The van der Waals surface area contributed by atoms with Gasteiger partial charge in [-0.1, -0.05) is 13.8 Å². The summed E-state index contributed by atoms with van der Waals surface area (Å²) in [5, 5.41) is 2.76. The largest absolute Gasteiger partial charge is 0.496 e. The second-order valence-corrected chi connectivity index (χ2v) is 6.91. The smallest absolute Gasteiger partial charge is 0.287 e. The maximum atomic E-state index is 12.9. The molecule has 7 nitrogen and oxygen atoms in total. The van der Waals surface area contributed by atoms with E-state index >= 15 is 0 Å². The van der Waals surface area contributed by atoms with Gasteiger partial charge in [0.25, 0.3) is 5.91 Å². The van der Waals surface area contributed by atoms with Crippen LogP contribution in [0.1, 0.15) is 41.2 Å². The third kappa shape index (κ3) is 4.67. The number of aromatic nitrogens is 1. The van der Waals surface area contributed by atoms with Gasteiger partial charge in [-0.15, -0.1) is 0 Å². The fourth-order valence-electron chi connectivity index (χ4n) is 2.90. The molecule has 1 atom stereocenters. The predicted molar refractivity (Wildman–Crippen MR) is 102 cm³/mol. The fraction of sp³-hybridized carbons (Fsp3) is 0.450. The van der Waals surface area contributed by atoms with Gasteiger partial charge in [0.05, 0.1) is 25.6 Å². The van der Waals surface area contributed by atoms with E-state index in [4.69, 9.17) is 9.15 Å². The number of likely N-dealkylation sites (N-methyl/N-ethyl adjacent to an activating group) is 1. The van der Waals surface area contributed by atoms with E-state index in [1.165, 1.54) is 6.26 Å². The number of pyridine rings is 1. The number of hydrogen-bond acceptors (Lipinski definition) is 5. The quantitative estimate of drug-likeness (QED) is 0.807. The number of amides is 2. The van der Waals surface area contributed by atoms with Crippen molar-refractivity contribution in [2.75, 3.05) is 14.2 Å². The first-order valence-corrected chi connectivity index (χ1v) is 8.84. The summed E-state index contributed by atoms with van der Waals surface area (Å²) in [6.07, 6.45) is 3.16. The number of hydrogen-bond donors (Lipinski definition) is 1. The first-order valence-electron chi connectivity index (χ1n) is 8.84. The Morgan fingerprint density at radius 3 is 2.59 bits per heavy atom. The van der Waals surface area contributed by atoms with Crippen LogP contribution in [0.2, 0.25) is 0 Å². The number of nitrogens with zero attached hydrogens (tertiary/aromatic N) is 2. The van der Waals surface area contributed by atoms with Gasteiger partial charge in [-0.2, -0.15) is 0 Å². The summed E-state index contributed by atoms with van der Waals surface area (Å²) in [6.45, 7) is 7.94. The van der Waals surface area contributed by atoms with Crippen LogP contribution in [-0.4, -0.2) is 41.9 Å². The number of carbonyl (C=O) groups excluding carboxylic acids is 2. The molecule has 146 valence electrons. The predicted octanol–water partition coefficient (Wildman–Crippen LogP) is 2.71. The van der Waals surface area contributed by atoms with E-state index in [9.17, 15) is 9.59 Å². The molecule has 0 aliphatic rings. The van der Waals surface area contributed by atoms with Gasteiger partial charge in [0.1, 0.15) is 11.8 Å². The Hall–Kier alpha value is -2.83. The van der Waals surface area contributed by atoms with Crippen LogP contribution in [0.15, 0.2) is 29.0 Å². The first kappa shape index (κ1) is 20.5. The highest BCUT2D eigenvalue weighted by molar-refractivity contribution is 5.95. The molecule has 0 bridgehead atoms. The van der Waals surface area contributed by atoms with Crippen molar-refractivity contribution in [3.8, 4) is 5.75 Å². The number of methoxy groups -OCH3 is 1. The molecule has 2 heterocycles. The number of rotatable bonds is 7. The van der Waals surface area contributed by atoms with Gasteiger partial charge in [0.2, 0.25) is 5.91 Å². The van der Waals surface area contributed by atoms with Crippen LogP contribution < -0.4 is 10.1 Å². The summed E-state index contributed by atoms with van der Waals surface area (Å²) in [5.41, 5.74) is 2.60. The Labute approximate surface area is 159 Å². The summed E-state index contributed by atoms with van der Waals surface area (Å²) in [6, 6.07) is 2.53. The molecule has 1 N–H and O–H groups in total. The molecule has 0 saturated heterocycles. The van der Waals surface area contributed by atoms with E-state index < -0.39 is 11.9 Å². The molecule has 2 rings (SSSR count). The highest BCUT2D eigenvalue weighted by Crippen LogP contribution is 2.24. The van der Waals surface area contributed by atoms with Crippen LogP contribution in [0.4, 0.5) is 0 Å². The monoisotopic (exact) mass is 373 g/mol. The Kier molecular flexibility index (Phi) is 6.60. The molecular formula is C20H27N3O4. The van der Waals surface area contributed by atoms with Gasteiger partial charge in [-0.25, -0.2) is 0 Å². The SMILES string of the molecule is COc1c(C)cnc(CN(C)C(=O)C(NC(=O)c2ccco2)C(C)C)c1C. The lowest BCUT2D eigenvalue weighted by Crippen LogP contribution is -2.50. The van der Waals surface area contributed by atoms with Crippen LogP contribution in [0, 0.1) is 19.8 Å². The zero-order valence-corrected chi connectivity index (χ0v) is 16.7. The summed E-state index contributed by atoms with van der Waals surface area (Å²) in [4.78, 5) is 31.2. The molecule has 0 saturated carbocycles. The Balaban J connectivity index is 2.15. The standard InChI is InChI=1S/C20H27N3O4/c1-12(2)17(22-19(24)16-8-7-9-27-16)20(25)23(5)11-15-14(4)18(26-6)13(3)10-21-15/h7-10,12,17H,11H2,1-6H3,(H,22,24). The minimum Gasteiger partial charge on any atom is -0.496 e. The lowest BCUT2D eigenvalue weighted by atomic mass is 10.0. The third-order valence-electron chi connectivity index (χ3n) is 4.48. The van der Waals surface area contributed by atoms with Gasteiger partial charge >= 0.3 is 0 Å². The highest BCUT2D eigenvalue weighted by Gasteiger charge is 2.28. The molecule has 2 aromatic heterocycles. The molecule has 27 heavy (non-hydrogen) atoms. The van der Waals surface area contributed by atoms with Crippen molar-refractivity contribution in [2.24, 2.45) is 5.92 Å². The third-order valence-corrected chi connectivity index (χ3v) is 4.48.